The van der Waals surface area contributed by atoms with Crippen LogP contribution in [0.1, 0.15) is 17.4 Å². The molecule has 0 radical (unpaired) electrons. The lowest BCUT2D eigenvalue weighted by molar-refractivity contribution is 0.0959. The molecule has 2 aromatic heterocycles. The van der Waals surface area contributed by atoms with Crippen molar-refractivity contribution < 1.29 is 4.79 Å². The number of aromatic nitrogens is 4. The van der Waals surface area contributed by atoms with Crippen molar-refractivity contribution in [2.24, 2.45) is 0 Å². The fourth-order valence-corrected chi connectivity index (χ4v) is 2.20. The van der Waals surface area contributed by atoms with E-state index in [1.54, 1.807) is 17.9 Å². The molecule has 1 N–H and O–H groups in total. The fourth-order valence-electron chi connectivity index (χ4n) is 2.20. The first-order valence-corrected chi connectivity index (χ1v) is 6.75. The Morgan fingerprint density at radius 2 is 2.00 bits per heavy atom. The first-order valence-electron chi connectivity index (χ1n) is 6.75. The molecule has 3 rings (SSSR count). The summed E-state index contributed by atoms with van der Waals surface area (Å²) in [5.41, 5.74) is 3.04. The Morgan fingerprint density at radius 1 is 1.24 bits per heavy atom. The van der Waals surface area contributed by atoms with Crippen molar-refractivity contribution in [1.29, 1.82) is 0 Å². The molecule has 0 aliphatic heterocycles. The molecule has 0 saturated heterocycles. The van der Waals surface area contributed by atoms with Crippen LogP contribution in [0.4, 0.5) is 0 Å². The van der Waals surface area contributed by atoms with Gasteiger partial charge in [-0.15, -0.1) is 0 Å². The quantitative estimate of drug-likeness (QED) is 0.795. The molecule has 0 aliphatic rings. The van der Waals surface area contributed by atoms with Crippen molar-refractivity contribution >= 4 is 17.1 Å². The molecule has 0 atom stereocenters. The Kier molecular flexibility index (Phi) is 3.35. The van der Waals surface area contributed by atoms with Crippen LogP contribution in [0.2, 0.25) is 0 Å². The van der Waals surface area contributed by atoms with Crippen molar-refractivity contribution in [3.63, 3.8) is 0 Å². The van der Waals surface area contributed by atoms with Crippen molar-refractivity contribution in [1.82, 2.24) is 25.1 Å². The van der Waals surface area contributed by atoms with Gasteiger partial charge in [0, 0.05) is 19.2 Å². The van der Waals surface area contributed by atoms with E-state index >= 15 is 0 Å². The third kappa shape index (κ3) is 2.24. The number of fused-ring (bicyclic) bond motifs is 1. The molecular weight excluding hydrogens is 266 g/mol. The van der Waals surface area contributed by atoms with Crippen LogP contribution in [0, 0.1) is 0 Å². The minimum absolute atomic E-state index is 0.257. The number of nitrogens with zero attached hydrogens (tertiary/aromatic N) is 4. The van der Waals surface area contributed by atoms with Crippen molar-refractivity contribution in [3.8, 4) is 11.3 Å². The lowest BCUT2D eigenvalue weighted by atomic mass is 10.1. The van der Waals surface area contributed by atoms with Crippen LogP contribution in [0.25, 0.3) is 22.4 Å². The first-order chi connectivity index (χ1) is 10.2. The number of amides is 1. The average molecular weight is 281 g/mol. The van der Waals surface area contributed by atoms with Crippen LogP contribution in [0.3, 0.4) is 0 Å². The number of carbonyl (C=O) groups excluding carboxylic acids is 1. The number of carbonyl (C=O) groups is 1. The lowest BCUT2D eigenvalue weighted by Gasteiger charge is -2.08. The summed E-state index contributed by atoms with van der Waals surface area (Å²) in [6.45, 7) is 2.69. The van der Waals surface area contributed by atoms with Gasteiger partial charge in [0.05, 0.1) is 6.20 Å². The third-order valence-electron chi connectivity index (χ3n) is 3.26. The number of benzene rings is 1. The SMILES string of the molecule is CCn1ncc2nc(C(=O)NC)c(-c3ccccc3)nc21. The summed E-state index contributed by atoms with van der Waals surface area (Å²) >= 11 is 0. The average Bonchev–Trinajstić information content (AvgIpc) is 2.95. The lowest BCUT2D eigenvalue weighted by Crippen LogP contribution is -2.21. The number of hydrogen-bond donors (Lipinski definition) is 1. The summed E-state index contributed by atoms with van der Waals surface area (Å²) < 4.78 is 1.77. The highest BCUT2D eigenvalue weighted by Crippen LogP contribution is 2.23. The molecular formula is C15H15N5O. The van der Waals surface area contributed by atoms with Gasteiger partial charge in [-0.3, -0.25) is 4.79 Å². The monoisotopic (exact) mass is 281 g/mol. The van der Waals surface area contributed by atoms with E-state index in [1.165, 1.54) is 0 Å². The Hall–Kier alpha value is -2.76. The maximum Gasteiger partial charge on any atom is 0.271 e. The van der Waals surface area contributed by atoms with Gasteiger partial charge < -0.3 is 5.32 Å². The van der Waals surface area contributed by atoms with Crippen LogP contribution in [0.15, 0.2) is 36.5 Å². The van der Waals surface area contributed by atoms with E-state index in [0.29, 0.717) is 29.1 Å². The standard InChI is InChI=1S/C15H15N5O/c1-3-20-14-11(9-17-20)18-13(15(21)16-2)12(19-14)10-7-5-4-6-8-10/h4-9H,3H2,1-2H3,(H,16,21). The number of aryl methyl sites for hydroxylation is 1. The third-order valence-corrected chi connectivity index (χ3v) is 3.26. The van der Waals surface area contributed by atoms with Crippen LogP contribution in [-0.4, -0.2) is 32.7 Å². The van der Waals surface area contributed by atoms with Crippen LogP contribution in [0.5, 0.6) is 0 Å². The molecule has 2 heterocycles. The van der Waals surface area contributed by atoms with Gasteiger partial charge in [-0.05, 0) is 6.92 Å². The molecule has 0 unspecified atom stereocenters. The first kappa shape index (κ1) is 13.2. The highest BCUT2D eigenvalue weighted by Gasteiger charge is 2.18. The van der Waals surface area contributed by atoms with E-state index in [0.717, 1.165) is 5.56 Å². The number of nitrogens with one attached hydrogen (secondary N) is 1. The van der Waals surface area contributed by atoms with Gasteiger partial charge in [0.2, 0.25) is 0 Å². The van der Waals surface area contributed by atoms with Crippen LogP contribution >= 0.6 is 0 Å². The molecule has 0 aliphatic carbocycles. The van der Waals surface area contributed by atoms with Gasteiger partial charge in [-0.2, -0.15) is 5.10 Å². The molecule has 1 amide bonds. The molecule has 0 bridgehead atoms. The predicted octanol–water partition coefficient (Wildman–Crippen LogP) is 1.87. The molecule has 3 aromatic rings. The minimum atomic E-state index is -0.257. The molecule has 1 aromatic carbocycles. The van der Waals surface area contributed by atoms with E-state index in [9.17, 15) is 4.79 Å². The second-order valence-corrected chi connectivity index (χ2v) is 4.54. The molecule has 6 nitrogen and oxygen atoms in total. The van der Waals surface area contributed by atoms with Gasteiger partial charge in [-0.1, -0.05) is 30.3 Å². The van der Waals surface area contributed by atoms with Gasteiger partial charge in [0.1, 0.15) is 11.2 Å². The van der Waals surface area contributed by atoms with Crippen LogP contribution in [-0.2, 0) is 6.54 Å². The topological polar surface area (TPSA) is 72.7 Å². The molecule has 21 heavy (non-hydrogen) atoms. The van der Waals surface area contributed by atoms with E-state index in [-0.39, 0.29) is 5.91 Å². The van der Waals surface area contributed by atoms with Gasteiger partial charge >= 0.3 is 0 Å². The van der Waals surface area contributed by atoms with E-state index < -0.39 is 0 Å². The number of hydrogen-bond acceptors (Lipinski definition) is 4. The van der Waals surface area contributed by atoms with Gasteiger partial charge in [0.25, 0.3) is 5.91 Å². The summed E-state index contributed by atoms with van der Waals surface area (Å²) in [7, 11) is 1.58. The zero-order valence-electron chi connectivity index (χ0n) is 11.9. The molecule has 6 heteroatoms. The van der Waals surface area contributed by atoms with Crippen molar-refractivity contribution in [2.75, 3.05) is 7.05 Å². The summed E-state index contributed by atoms with van der Waals surface area (Å²) in [6.07, 6.45) is 1.63. The van der Waals surface area contributed by atoms with Gasteiger partial charge in [-0.25, -0.2) is 14.6 Å². The summed E-state index contributed by atoms with van der Waals surface area (Å²) in [4.78, 5) is 21.1. The van der Waals surface area contributed by atoms with Crippen molar-refractivity contribution in [3.05, 3.63) is 42.2 Å². The maximum absolute atomic E-state index is 12.1. The maximum atomic E-state index is 12.1. The second kappa shape index (κ2) is 5.32. The zero-order valence-corrected chi connectivity index (χ0v) is 11.9. The number of rotatable bonds is 3. The Morgan fingerprint density at radius 3 is 2.67 bits per heavy atom. The fraction of sp³-hybridized carbons (Fsp3) is 0.200. The summed E-state index contributed by atoms with van der Waals surface area (Å²) in [6, 6.07) is 9.56. The Labute approximate surface area is 121 Å². The Balaban J connectivity index is 2.30. The van der Waals surface area contributed by atoms with Gasteiger partial charge in [0.15, 0.2) is 11.3 Å². The van der Waals surface area contributed by atoms with E-state index in [1.807, 2.05) is 37.3 Å². The smallest absolute Gasteiger partial charge is 0.271 e. The van der Waals surface area contributed by atoms with E-state index in [2.05, 4.69) is 20.4 Å². The second-order valence-electron chi connectivity index (χ2n) is 4.54. The van der Waals surface area contributed by atoms with Crippen LogP contribution < -0.4 is 5.32 Å². The predicted molar refractivity (Wildman–Crippen MR) is 79.8 cm³/mol. The largest absolute Gasteiger partial charge is 0.354 e. The highest BCUT2D eigenvalue weighted by atomic mass is 16.1. The molecule has 106 valence electrons. The highest BCUT2D eigenvalue weighted by molar-refractivity contribution is 5.99. The molecule has 0 fully saturated rings. The van der Waals surface area contributed by atoms with E-state index in [4.69, 9.17) is 0 Å². The summed E-state index contributed by atoms with van der Waals surface area (Å²) in [5.74, 6) is -0.257. The van der Waals surface area contributed by atoms with Crippen molar-refractivity contribution in [2.45, 2.75) is 13.5 Å². The Bertz CT molecular complexity index is 794. The minimum Gasteiger partial charge on any atom is -0.354 e. The normalized spacial score (nSPS) is 10.8. The molecule has 0 spiro atoms. The summed E-state index contributed by atoms with van der Waals surface area (Å²) in [5, 5.41) is 6.84. The zero-order chi connectivity index (χ0) is 14.8. The molecule has 0 saturated carbocycles.